The van der Waals surface area contributed by atoms with Crippen LogP contribution in [0.2, 0.25) is 5.02 Å². The second-order valence-corrected chi connectivity index (χ2v) is 7.58. The Balaban J connectivity index is 1.84. The molecule has 3 rings (SSSR count). The predicted octanol–water partition coefficient (Wildman–Crippen LogP) is 5.69. The van der Waals surface area contributed by atoms with Crippen molar-refractivity contribution in [2.45, 2.75) is 13.5 Å². The molecule has 1 amide bonds. The van der Waals surface area contributed by atoms with Crippen molar-refractivity contribution < 1.29 is 19.2 Å². The first-order valence-electron chi connectivity index (χ1n) is 10.0. The maximum absolute atomic E-state index is 12.7. The van der Waals surface area contributed by atoms with E-state index in [0.29, 0.717) is 27.6 Å². The molecule has 0 unspecified atom stereocenters. The molecular weight excluding hydrogens is 458 g/mol. The van der Waals surface area contributed by atoms with Gasteiger partial charge in [0.15, 0.2) is 11.5 Å². The summed E-state index contributed by atoms with van der Waals surface area (Å²) in [5.74, 6) is 0.184. The number of benzene rings is 3. The Bertz CT molecular complexity index is 1310. The van der Waals surface area contributed by atoms with E-state index in [9.17, 15) is 20.2 Å². The predicted molar refractivity (Wildman–Crippen MR) is 129 cm³/mol. The van der Waals surface area contributed by atoms with E-state index in [1.807, 2.05) is 24.3 Å². The molecule has 0 aliphatic rings. The monoisotopic (exact) mass is 477 g/mol. The topological polar surface area (TPSA) is 114 Å². The van der Waals surface area contributed by atoms with Crippen molar-refractivity contribution in [1.29, 1.82) is 5.26 Å². The Morgan fingerprint density at radius 2 is 1.94 bits per heavy atom. The van der Waals surface area contributed by atoms with Crippen molar-refractivity contribution in [3.8, 4) is 17.6 Å². The molecule has 0 saturated heterocycles. The third-order valence-electron chi connectivity index (χ3n) is 4.88. The number of hydrogen-bond donors (Lipinski definition) is 1. The highest BCUT2D eigenvalue weighted by molar-refractivity contribution is 6.31. The van der Waals surface area contributed by atoms with Crippen LogP contribution >= 0.6 is 11.6 Å². The van der Waals surface area contributed by atoms with Crippen LogP contribution in [0.3, 0.4) is 0 Å². The second kappa shape index (κ2) is 11.0. The van der Waals surface area contributed by atoms with Gasteiger partial charge in [0.25, 0.3) is 11.6 Å². The summed E-state index contributed by atoms with van der Waals surface area (Å²) in [6.07, 6.45) is 1.39. The Hall–Kier alpha value is -4.35. The van der Waals surface area contributed by atoms with E-state index >= 15 is 0 Å². The van der Waals surface area contributed by atoms with E-state index in [1.54, 1.807) is 31.2 Å². The number of carbonyl (C=O) groups excluding carboxylic acids is 1. The number of nitro groups is 1. The first-order chi connectivity index (χ1) is 16.3. The molecular formula is C25H20ClN3O5. The number of nitro benzene ring substituents is 1. The molecule has 9 heteroatoms. The summed E-state index contributed by atoms with van der Waals surface area (Å²) in [5, 5.41) is 23.7. The molecule has 0 atom stereocenters. The quantitative estimate of drug-likeness (QED) is 0.193. The number of amides is 1. The number of methoxy groups -OCH3 is 1. The van der Waals surface area contributed by atoms with Crippen LogP contribution in [0.15, 0.2) is 66.2 Å². The fraction of sp³-hybridized carbons (Fsp3) is 0.120. The summed E-state index contributed by atoms with van der Waals surface area (Å²) < 4.78 is 11.2. The minimum Gasteiger partial charge on any atom is -0.493 e. The van der Waals surface area contributed by atoms with Gasteiger partial charge in [0.05, 0.1) is 17.7 Å². The molecule has 8 nitrogen and oxygen atoms in total. The highest BCUT2D eigenvalue weighted by Gasteiger charge is 2.15. The van der Waals surface area contributed by atoms with E-state index in [2.05, 4.69) is 5.32 Å². The largest absolute Gasteiger partial charge is 0.493 e. The van der Waals surface area contributed by atoms with Crippen LogP contribution < -0.4 is 14.8 Å². The maximum atomic E-state index is 12.7. The summed E-state index contributed by atoms with van der Waals surface area (Å²) in [6.45, 7) is 1.89. The zero-order chi connectivity index (χ0) is 24.7. The summed E-state index contributed by atoms with van der Waals surface area (Å²) >= 11 is 6.18. The van der Waals surface area contributed by atoms with E-state index in [-0.39, 0.29) is 23.6 Å². The van der Waals surface area contributed by atoms with E-state index in [0.717, 1.165) is 5.56 Å². The minimum atomic E-state index is -0.694. The minimum absolute atomic E-state index is 0.168. The molecule has 0 aliphatic carbocycles. The zero-order valence-electron chi connectivity index (χ0n) is 18.4. The van der Waals surface area contributed by atoms with Crippen LogP contribution in [0.1, 0.15) is 16.7 Å². The Kier molecular flexibility index (Phi) is 7.85. The third kappa shape index (κ3) is 5.91. The van der Waals surface area contributed by atoms with Crippen LogP contribution in [0, 0.1) is 28.4 Å². The molecule has 0 heterocycles. The summed E-state index contributed by atoms with van der Waals surface area (Å²) in [6, 6.07) is 18.2. The molecule has 0 bridgehead atoms. The van der Waals surface area contributed by atoms with Crippen LogP contribution in [0.5, 0.6) is 11.5 Å². The summed E-state index contributed by atoms with van der Waals surface area (Å²) in [7, 11) is 1.50. The molecule has 1 N–H and O–H groups in total. The number of rotatable bonds is 8. The number of aryl methyl sites for hydroxylation is 1. The number of non-ortho nitro benzene ring substituents is 1. The van der Waals surface area contributed by atoms with Gasteiger partial charge in [-0.05, 0) is 42.3 Å². The SMILES string of the molecule is COc1ccc(/C=C(\C#N)C(=O)Nc2cc([N+](=O)[O-])ccc2C)cc1OCc1ccccc1Cl. The van der Waals surface area contributed by atoms with Crippen LogP contribution in [-0.2, 0) is 11.4 Å². The molecule has 0 fully saturated rings. The molecule has 3 aromatic rings. The van der Waals surface area contributed by atoms with Gasteiger partial charge in [0, 0.05) is 22.7 Å². The molecule has 3 aromatic carbocycles. The average molecular weight is 478 g/mol. The molecule has 0 saturated carbocycles. The molecule has 0 aliphatic heterocycles. The van der Waals surface area contributed by atoms with Gasteiger partial charge in [0.2, 0.25) is 0 Å². The lowest BCUT2D eigenvalue weighted by atomic mass is 10.1. The van der Waals surface area contributed by atoms with Gasteiger partial charge in [-0.3, -0.25) is 14.9 Å². The standard InChI is InChI=1S/C25H20ClN3O5/c1-16-7-9-20(29(31)32)13-22(16)28-25(30)19(14-27)11-17-8-10-23(33-2)24(12-17)34-15-18-5-3-4-6-21(18)26/h3-13H,15H2,1-2H3,(H,28,30)/b19-11+. The van der Waals surface area contributed by atoms with Crippen molar-refractivity contribution in [1.82, 2.24) is 0 Å². The third-order valence-corrected chi connectivity index (χ3v) is 5.25. The normalized spacial score (nSPS) is 10.8. The molecule has 34 heavy (non-hydrogen) atoms. The zero-order valence-corrected chi connectivity index (χ0v) is 19.1. The van der Waals surface area contributed by atoms with Gasteiger partial charge in [-0.2, -0.15) is 5.26 Å². The number of nitriles is 1. The van der Waals surface area contributed by atoms with Gasteiger partial charge >= 0.3 is 0 Å². The Morgan fingerprint density at radius 3 is 2.62 bits per heavy atom. The lowest BCUT2D eigenvalue weighted by molar-refractivity contribution is -0.384. The Labute approximate surface area is 201 Å². The first-order valence-corrected chi connectivity index (χ1v) is 10.4. The lowest BCUT2D eigenvalue weighted by Crippen LogP contribution is -2.14. The molecule has 0 aromatic heterocycles. The highest BCUT2D eigenvalue weighted by Crippen LogP contribution is 2.31. The van der Waals surface area contributed by atoms with Gasteiger partial charge in [-0.1, -0.05) is 41.9 Å². The summed E-state index contributed by atoms with van der Waals surface area (Å²) in [5.41, 5.74) is 1.83. The van der Waals surface area contributed by atoms with Crippen LogP contribution in [0.4, 0.5) is 11.4 Å². The number of anilines is 1. The molecule has 0 radical (unpaired) electrons. The first kappa shape index (κ1) is 24.3. The second-order valence-electron chi connectivity index (χ2n) is 7.17. The van der Waals surface area contributed by atoms with Gasteiger partial charge in [0.1, 0.15) is 18.2 Å². The van der Waals surface area contributed by atoms with E-state index in [1.165, 1.54) is 31.4 Å². The van der Waals surface area contributed by atoms with Crippen molar-refractivity contribution in [2.24, 2.45) is 0 Å². The number of carbonyl (C=O) groups is 1. The molecule has 172 valence electrons. The molecule has 0 spiro atoms. The van der Waals surface area contributed by atoms with Crippen molar-refractivity contribution in [2.75, 3.05) is 12.4 Å². The average Bonchev–Trinajstić information content (AvgIpc) is 2.83. The maximum Gasteiger partial charge on any atom is 0.271 e. The number of ether oxygens (including phenoxy) is 2. The number of nitrogens with one attached hydrogen (secondary N) is 1. The number of halogens is 1. The van der Waals surface area contributed by atoms with E-state index < -0.39 is 10.8 Å². The van der Waals surface area contributed by atoms with Crippen molar-refractivity contribution in [3.05, 3.63) is 98.1 Å². The van der Waals surface area contributed by atoms with E-state index in [4.69, 9.17) is 21.1 Å². The number of hydrogen-bond acceptors (Lipinski definition) is 6. The van der Waals surface area contributed by atoms with Crippen molar-refractivity contribution in [3.63, 3.8) is 0 Å². The van der Waals surface area contributed by atoms with Gasteiger partial charge < -0.3 is 14.8 Å². The fourth-order valence-electron chi connectivity index (χ4n) is 3.03. The summed E-state index contributed by atoms with van der Waals surface area (Å²) in [4.78, 5) is 23.2. The smallest absolute Gasteiger partial charge is 0.271 e. The highest BCUT2D eigenvalue weighted by atomic mass is 35.5. The van der Waals surface area contributed by atoms with Crippen LogP contribution in [0.25, 0.3) is 6.08 Å². The van der Waals surface area contributed by atoms with Gasteiger partial charge in [-0.25, -0.2) is 0 Å². The van der Waals surface area contributed by atoms with Crippen LogP contribution in [-0.4, -0.2) is 17.9 Å². The lowest BCUT2D eigenvalue weighted by Gasteiger charge is -2.12. The fourth-order valence-corrected chi connectivity index (χ4v) is 3.22. The Morgan fingerprint density at radius 1 is 1.18 bits per heavy atom. The van der Waals surface area contributed by atoms with Gasteiger partial charge in [-0.15, -0.1) is 0 Å². The number of nitrogens with zero attached hydrogens (tertiary/aromatic N) is 2. The van der Waals surface area contributed by atoms with Crippen molar-refractivity contribution >= 4 is 35.0 Å².